The molecule has 0 saturated heterocycles. The lowest BCUT2D eigenvalue weighted by atomic mass is 9.87. The highest BCUT2D eigenvalue weighted by molar-refractivity contribution is 5.79. The summed E-state index contributed by atoms with van der Waals surface area (Å²) in [5.74, 6) is -1.06. The van der Waals surface area contributed by atoms with Gasteiger partial charge >= 0.3 is 0 Å². The van der Waals surface area contributed by atoms with Crippen LogP contribution in [0.3, 0.4) is 0 Å². The number of aliphatic hydroxyl groups is 5. The van der Waals surface area contributed by atoms with Crippen LogP contribution < -0.4 is 5.32 Å². The number of carbonyl (C=O) groups excluding carboxylic acids is 2. The Labute approximate surface area is 267 Å². The van der Waals surface area contributed by atoms with E-state index < -0.39 is 30.5 Å². The highest BCUT2D eigenvalue weighted by Gasteiger charge is 2.41. The van der Waals surface area contributed by atoms with Gasteiger partial charge < -0.3 is 30.8 Å². The zero-order valence-electron chi connectivity index (χ0n) is 27.8. The summed E-state index contributed by atoms with van der Waals surface area (Å²) in [4.78, 5) is 25.1. The van der Waals surface area contributed by atoms with Crippen LogP contribution in [0.5, 0.6) is 0 Å². The van der Waals surface area contributed by atoms with Crippen LogP contribution in [0.25, 0.3) is 0 Å². The normalized spacial score (nSPS) is 22.5. The smallest absolute Gasteiger partial charge is 0.220 e. The third-order valence-corrected chi connectivity index (χ3v) is 8.91. The highest BCUT2D eigenvalue weighted by atomic mass is 16.3. The van der Waals surface area contributed by atoms with Crippen molar-refractivity contribution in [3.05, 3.63) is 24.3 Å². The molecule has 0 heterocycles. The van der Waals surface area contributed by atoms with Gasteiger partial charge in [0.15, 0.2) is 0 Å². The van der Waals surface area contributed by atoms with Crippen molar-refractivity contribution in [3.8, 4) is 0 Å². The van der Waals surface area contributed by atoms with Gasteiger partial charge in [0.05, 0.1) is 37.1 Å². The molecule has 8 nitrogen and oxygen atoms in total. The largest absolute Gasteiger partial charge is 0.394 e. The average molecular weight is 624 g/mol. The standard InChI is InChI=1S/C36H65NO7/c1-3-5-7-8-9-10-11-12-13-14-16-21-33(41)32(27-38)37-36(44)22-18-17-20-29(40)25-31-30(34(42)26-35(31)43)24-23-28(39)19-15-6-4-2/h16,21,23-24,28,30-35,38-39,41-43H,3-15,17-20,22,25-27H2,1-2H3,(H,37,44)/b21-16+,24-23+/t28-,30+,31+,32-,33+,34+,35-/m0/s1. The van der Waals surface area contributed by atoms with E-state index in [9.17, 15) is 35.1 Å². The van der Waals surface area contributed by atoms with E-state index in [0.717, 1.165) is 32.1 Å². The van der Waals surface area contributed by atoms with Gasteiger partial charge in [-0.25, -0.2) is 0 Å². The number of Topliss-reactive ketones (excluding diaryl/α,β-unsaturated/α-hetero) is 1. The van der Waals surface area contributed by atoms with Crippen molar-refractivity contribution in [3.63, 3.8) is 0 Å². The summed E-state index contributed by atoms with van der Waals surface area (Å²) in [6, 6.07) is -0.770. The molecule has 8 heteroatoms. The summed E-state index contributed by atoms with van der Waals surface area (Å²) >= 11 is 0. The van der Waals surface area contributed by atoms with Crippen LogP contribution in [-0.2, 0) is 9.59 Å². The average Bonchev–Trinajstić information content (AvgIpc) is 3.26. The van der Waals surface area contributed by atoms with Gasteiger partial charge in [-0.15, -0.1) is 0 Å². The maximum Gasteiger partial charge on any atom is 0.220 e. The number of amides is 1. The van der Waals surface area contributed by atoms with E-state index in [1.165, 1.54) is 51.4 Å². The fraction of sp³-hybridized carbons (Fsp3) is 0.833. The molecule has 1 fully saturated rings. The maximum absolute atomic E-state index is 12.7. The summed E-state index contributed by atoms with van der Waals surface area (Å²) in [7, 11) is 0. The van der Waals surface area contributed by atoms with Crippen molar-refractivity contribution >= 4 is 11.7 Å². The van der Waals surface area contributed by atoms with E-state index in [1.54, 1.807) is 18.2 Å². The molecular weight excluding hydrogens is 558 g/mol. The zero-order chi connectivity index (χ0) is 32.6. The molecule has 0 aromatic carbocycles. The number of allylic oxidation sites excluding steroid dienone is 1. The SMILES string of the molecule is CCCCCCCCCCC/C=C/[C@@H](O)[C@H](CO)NC(=O)CCCCC(=O)C[C@@H]1[C@@H](/C=C/[C@@H](O)CCCCC)[C@H](O)C[C@@H]1O. The van der Waals surface area contributed by atoms with Crippen molar-refractivity contribution in [2.75, 3.05) is 6.61 Å². The molecule has 1 saturated carbocycles. The van der Waals surface area contributed by atoms with E-state index in [-0.39, 0.29) is 55.8 Å². The van der Waals surface area contributed by atoms with Gasteiger partial charge in [0.1, 0.15) is 5.78 Å². The number of hydrogen-bond acceptors (Lipinski definition) is 7. The Kier molecular flexibility index (Phi) is 23.5. The highest BCUT2D eigenvalue weighted by Crippen LogP contribution is 2.36. The second-order valence-corrected chi connectivity index (χ2v) is 12.9. The number of nitrogens with one attached hydrogen (secondary N) is 1. The van der Waals surface area contributed by atoms with E-state index in [0.29, 0.717) is 19.3 Å². The van der Waals surface area contributed by atoms with Crippen LogP contribution in [0.4, 0.5) is 0 Å². The molecule has 0 spiro atoms. The third kappa shape index (κ3) is 18.4. The fourth-order valence-electron chi connectivity index (χ4n) is 6.05. The first kappa shape index (κ1) is 40.4. The van der Waals surface area contributed by atoms with E-state index in [2.05, 4.69) is 19.2 Å². The van der Waals surface area contributed by atoms with Crippen LogP contribution in [-0.4, -0.2) is 74.3 Å². The molecule has 6 N–H and O–H groups in total. The monoisotopic (exact) mass is 623 g/mol. The van der Waals surface area contributed by atoms with Crippen molar-refractivity contribution in [1.82, 2.24) is 5.32 Å². The van der Waals surface area contributed by atoms with Crippen LogP contribution in [0.1, 0.15) is 142 Å². The van der Waals surface area contributed by atoms with Gasteiger partial charge in [0, 0.05) is 37.5 Å². The summed E-state index contributed by atoms with van der Waals surface area (Å²) in [5, 5.41) is 53.8. The number of unbranched alkanes of at least 4 members (excludes halogenated alkanes) is 12. The first-order chi connectivity index (χ1) is 21.2. The molecule has 0 aliphatic heterocycles. The van der Waals surface area contributed by atoms with Crippen LogP contribution in [0.2, 0.25) is 0 Å². The van der Waals surface area contributed by atoms with Crippen molar-refractivity contribution in [2.45, 2.75) is 173 Å². The predicted octanol–water partition coefficient (Wildman–Crippen LogP) is 5.68. The summed E-state index contributed by atoms with van der Waals surface area (Å²) in [6.45, 7) is 3.97. The van der Waals surface area contributed by atoms with E-state index in [1.807, 2.05) is 6.08 Å². The molecule has 256 valence electrons. The quantitative estimate of drug-likeness (QED) is 0.0510. The molecule has 44 heavy (non-hydrogen) atoms. The topological polar surface area (TPSA) is 147 Å². The summed E-state index contributed by atoms with van der Waals surface area (Å²) in [6.07, 6.45) is 21.6. The van der Waals surface area contributed by atoms with Gasteiger partial charge in [-0.1, -0.05) is 109 Å². The molecule has 0 aromatic rings. The van der Waals surface area contributed by atoms with Gasteiger partial charge in [-0.2, -0.15) is 0 Å². The molecule has 1 rings (SSSR count). The second-order valence-electron chi connectivity index (χ2n) is 12.9. The minimum Gasteiger partial charge on any atom is -0.394 e. The van der Waals surface area contributed by atoms with Gasteiger partial charge in [0.2, 0.25) is 5.91 Å². The summed E-state index contributed by atoms with van der Waals surface area (Å²) in [5.41, 5.74) is 0. The van der Waals surface area contributed by atoms with Gasteiger partial charge in [0.25, 0.3) is 0 Å². The first-order valence-electron chi connectivity index (χ1n) is 17.7. The Balaban J connectivity index is 2.29. The molecule has 1 aliphatic carbocycles. The maximum atomic E-state index is 12.7. The van der Waals surface area contributed by atoms with Gasteiger partial charge in [-0.3, -0.25) is 9.59 Å². The second kappa shape index (κ2) is 25.6. The molecule has 1 aliphatic rings. The Morgan fingerprint density at radius 2 is 1.41 bits per heavy atom. The number of rotatable bonds is 27. The molecule has 0 aromatic heterocycles. The molecular formula is C36H65NO7. The van der Waals surface area contributed by atoms with E-state index in [4.69, 9.17) is 0 Å². The lowest BCUT2D eigenvalue weighted by Crippen LogP contribution is -2.45. The fourth-order valence-corrected chi connectivity index (χ4v) is 6.05. The van der Waals surface area contributed by atoms with Crippen molar-refractivity contribution in [1.29, 1.82) is 0 Å². The number of ketones is 1. The van der Waals surface area contributed by atoms with Crippen LogP contribution >= 0.6 is 0 Å². The molecule has 1 amide bonds. The Bertz CT molecular complexity index is 801. The molecule has 0 radical (unpaired) electrons. The molecule has 0 unspecified atom stereocenters. The number of hydrogen-bond donors (Lipinski definition) is 6. The van der Waals surface area contributed by atoms with Gasteiger partial charge in [-0.05, 0) is 32.1 Å². The zero-order valence-corrected chi connectivity index (χ0v) is 27.8. The number of aliphatic hydroxyl groups excluding tert-OH is 5. The van der Waals surface area contributed by atoms with E-state index >= 15 is 0 Å². The minimum absolute atomic E-state index is 0.0220. The third-order valence-electron chi connectivity index (χ3n) is 8.91. The predicted molar refractivity (Wildman–Crippen MR) is 177 cm³/mol. The number of carbonyl (C=O) groups is 2. The Hall–Kier alpha value is -1.58. The van der Waals surface area contributed by atoms with Crippen molar-refractivity contribution < 1.29 is 35.1 Å². The summed E-state index contributed by atoms with van der Waals surface area (Å²) < 4.78 is 0. The van der Waals surface area contributed by atoms with Crippen molar-refractivity contribution in [2.24, 2.45) is 11.8 Å². The lowest BCUT2D eigenvalue weighted by Gasteiger charge is -2.21. The first-order valence-corrected chi connectivity index (χ1v) is 17.7. The Morgan fingerprint density at radius 3 is 2.07 bits per heavy atom. The van der Waals surface area contributed by atoms with Crippen LogP contribution in [0, 0.1) is 11.8 Å². The van der Waals surface area contributed by atoms with Crippen LogP contribution in [0.15, 0.2) is 24.3 Å². The minimum atomic E-state index is -0.961. The lowest BCUT2D eigenvalue weighted by molar-refractivity contribution is -0.124. The molecule has 0 bridgehead atoms. The Morgan fingerprint density at radius 1 is 0.795 bits per heavy atom. The molecule has 7 atom stereocenters.